The highest BCUT2D eigenvalue weighted by Crippen LogP contribution is 2.36. The van der Waals surface area contributed by atoms with E-state index in [0.29, 0.717) is 28.7 Å². The number of hydrogen-bond donors (Lipinski definition) is 1. The lowest BCUT2D eigenvalue weighted by molar-refractivity contribution is -0.123. The van der Waals surface area contributed by atoms with Gasteiger partial charge in [-0.3, -0.25) is 4.79 Å². The molecule has 0 atom stereocenters. The van der Waals surface area contributed by atoms with Crippen LogP contribution in [0.2, 0.25) is 0 Å². The summed E-state index contributed by atoms with van der Waals surface area (Å²) in [4.78, 5) is 38.4. The first-order valence-corrected chi connectivity index (χ1v) is 12.8. The van der Waals surface area contributed by atoms with Crippen LogP contribution >= 0.6 is 15.9 Å². The van der Waals surface area contributed by atoms with E-state index in [0.717, 1.165) is 5.56 Å². The molecule has 0 bridgehead atoms. The van der Waals surface area contributed by atoms with Gasteiger partial charge in [-0.1, -0.05) is 64.5 Å². The molecule has 200 valence electrons. The van der Waals surface area contributed by atoms with Crippen molar-refractivity contribution in [2.75, 3.05) is 27.4 Å². The van der Waals surface area contributed by atoms with E-state index in [1.807, 2.05) is 36.4 Å². The van der Waals surface area contributed by atoms with Crippen molar-refractivity contribution in [3.63, 3.8) is 0 Å². The highest BCUT2D eigenvalue weighted by atomic mass is 79.9. The summed E-state index contributed by atoms with van der Waals surface area (Å²) in [5.41, 5.74) is 1.96. The second kappa shape index (κ2) is 12.9. The standard InChI is InChI=1S/C29H26BrN3O6/c1-37-28(35)25-26(32-33(27(25)29(36)38-2)21-11-7-4-8-12-21)22-17-20(30)13-14-23(22)39-18-24(34)31-16-15-19-9-5-3-6-10-19/h3-14,17H,15-16,18H2,1-2H3,(H,31,34). The molecule has 1 heterocycles. The first-order chi connectivity index (χ1) is 18.9. The topological polar surface area (TPSA) is 109 Å². The van der Waals surface area contributed by atoms with Crippen molar-refractivity contribution in [3.05, 3.63) is 100 Å². The van der Waals surface area contributed by atoms with Gasteiger partial charge in [0.25, 0.3) is 5.91 Å². The maximum atomic E-state index is 13.0. The number of aromatic nitrogens is 2. The van der Waals surface area contributed by atoms with Gasteiger partial charge in [-0.2, -0.15) is 5.10 Å². The van der Waals surface area contributed by atoms with Gasteiger partial charge in [-0.15, -0.1) is 0 Å². The number of halogens is 1. The lowest BCUT2D eigenvalue weighted by atomic mass is 10.0. The maximum Gasteiger partial charge on any atom is 0.357 e. The van der Waals surface area contributed by atoms with Crippen LogP contribution in [-0.4, -0.2) is 55.0 Å². The second-order valence-corrected chi connectivity index (χ2v) is 9.23. The molecule has 10 heteroatoms. The number of nitrogens with one attached hydrogen (secondary N) is 1. The van der Waals surface area contributed by atoms with Crippen LogP contribution in [0.3, 0.4) is 0 Å². The minimum absolute atomic E-state index is 0.0940. The van der Waals surface area contributed by atoms with Crippen LogP contribution < -0.4 is 10.1 Å². The van der Waals surface area contributed by atoms with E-state index < -0.39 is 11.9 Å². The number of esters is 2. The third-order valence-electron chi connectivity index (χ3n) is 5.79. The van der Waals surface area contributed by atoms with Gasteiger partial charge in [-0.25, -0.2) is 14.3 Å². The molecule has 0 fully saturated rings. The zero-order chi connectivity index (χ0) is 27.8. The second-order valence-electron chi connectivity index (χ2n) is 8.32. The van der Waals surface area contributed by atoms with Crippen LogP contribution in [0.5, 0.6) is 5.75 Å². The van der Waals surface area contributed by atoms with Gasteiger partial charge in [0.15, 0.2) is 12.3 Å². The van der Waals surface area contributed by atoms with E-state index in [1.165, 1.54) is 18.9 Å². The Bertz CT molecular complexity index is 1470. The molecule has 3 aromatic carbocycles. The summed E-state index contributed by atoms with van der Waals surface area (Å²) >= 11 is 3.44. The van der Waals surface area contributed by atoms with Crippen LogP contribution in [0.4, 0.5) is 0 Å². The van der Waals surface area contributed by atoms with Gasteiger partial charge in [0.2, 0.25) is 0 Å². The molecule has 0 aliphatic heterocycles. The lowest BCUT2D eigenvalue weighted by Gasteiger charge is -2.12. The van der Waals surface area contributed by atoms with Crippen molar-refractivity contribution in [2.45, 2.75) is 6.42 Å². The lowest BCUT2D eigenvalue weighted by Crippen LogP contribution is -2.30. The van der Waals surface area contributed by atoms with Gasteiger partial charge < -0.3 is 19.5 Å². The number of amides is 1. The van der Waals surface area contributed by atoms with E-state index in [1.54, 1.807) is 42.5 Å². The van der Waals surface area contributed by atoms with Crippen molar-refractivity contribution in [1.82, 2.24) is 15.1 Å². The minimum atomic E-state index is -0.780. The molecule has 0 unspecified atom stereocenters. The molecule has 1 amide bonds. The van der Waals surface area contributed by atoms with E-state index in [2.05, 4.69) is 26.3 Å². The Kier molecular flexibility index (Phi) is 9.11. The molecule has 0 spiro atoms. The van der Waals surface area contributed by atoms with Gasteiger partial charge in [0.05, 0.1) is 19.9 Å². The van der Waals surface area contributed by atoms with Gasteiger partial charge in [0.1, 0.15) is 17.0 Å². The fourth-order valence-electron chi connectivity index (χ4n) is 3.94. The van der Waals surface area contributed by atoms with E-state index >= 15 is 0 Å². The number of benzene rings is 3. The summed E-state index contributed by atoms with van der Waals surface area (Å²) in [6.45, 7) is 0.191. The predicted molar refractivity (Wildman–Crippen MR) is 148 cm³/mol. The number of hydrogen-bond acceptors (Lipinski definition) is 7. The Morgan fingerprint density at radius 1 is 0.897 bits per heavy atom. The fraction of sp³-hybridized carbons (Fsp3) is 0.172. The van der Waals surface area contributed by atoms with Crippen LogP contribution in [-0.2, 0) is 20.7 Å². The van der Waals surface area contributed by atoms with E-state index in [4.69, 9.17) is 14.2 Å². The molecular formula is C29H26BrN3O6. The Balaban J connectivity index is 1.67. The highest BCUT2D eigenvalue weighted by Gasteiger charge is 2.32. The number of methoxy groups -OCH3 is 2. The minimum Gasteiger partial charge on any atom is -0.483 e. The normalized spacial score (nSPS) is 10.5. The van der Waals surface area contributed by atoms with Crippen molar-refractivity contribution in [2.24, 2.45) is 0 Å². The smallest absolute Gasteiger partial charge is 0.357 e. The largest absolute Gasteiger partial charge is 0.483 e. The summed E-state index contributed by atoms with van der Waals surface area (Å²) in [5, 5.41) is 7.45. The third kappa shape index (κ3) is 6.53. The molecule has 4 rings (SSSR count). The Hall–Kier alpha value is -4.44. The first kappa shape index (κ1) is 27.6. The summed E-state index contributed by atoms with van der Waals surface area (Å²) < 4.78 is 17.9. The monoisotopic (exact) mass is 591 g/mol. The van der Waals surface area contributed by atoms with Gasteiger partial charge in [0, 0.05) is 16.6 Å². The van der Waals surface area contributed by atoms with Gasteiger partial charge >= 0.3 is 11.9 Å². The Morgan fingerprint density at radius 2 is 1.56 bits per heavy atom. The molecule has 0 aliphatic rings. The van der Waals surface area contributed by atoms with Crippen LogP contribution in [0, 0.1) is 0 Å². The molecule has 0 aliphatic carbocycles. The van der Waals surface area contributed by atoms with Crippen LogP contribution in [0.1, 0.15) is 26.4 Å². The molecule has 4 aromatic rings. The summed E-state index contributed by atoms with van der Waals surface area (Å²) in [6, 6.07) is 23.7. The van der Waals surface area contributed by atoms with Crippen molar-refractivity contribution >= 4 is 33.8 Å². The number of carbonyl (C=O) groups excluding carboxylic acids is 3. The molecule has 0 saturated heterocycles. The number of rotatable bonds is 10. The molecule has 1 N–H and O–H groups in total. The van der Waals surface area contributed by atoms with Crippen molar-refractivity contribution in [3.8, 4) is 22.7 Å². The Morgan fingerprint density at radius 3 is 2.23 bits per heavy atom. The predicted octanol–water partition coefficient (Wildman–Crippen LogP) is 4.61. The summed E-state index contributed by atoms with van der Waals surface area (Å²) in [7, 11) is 2.43. The van der Waals surface area contributed by atoms with Crippen molar-refractivity contribution in [1.29, 1.82) is 0 Å². The van der Waals surface area contributed by atoms with Crippen LogP contribution in [0.25, 0.3) is 16.9 Å². The zero-order valence-corrected chi connectivity index (χ0v) is 22.9. The number of carbonyl (C=O) groups is 3. The third-order valence-corrected chi connectivity index (χ3v) is 6.28. The number of para-hydroxylation sites is 1. The molecule has 9 nitrogen and oxygen atoms in total. The average molecular weight is 592 g/mol. The maximum absolute atomic E-state index is 13.0. The molecule has 0 saturated carbocycles. The fourth-order valence-corrected chi connectivity index (χ4v) is 4.30. The number of ether oxygens (including phenoxy) is 3. The first-order valence-electron chi connectivity index (χ1n) is 12.0. The highest BCUT2D eigenvalue weighted by molar-refractivity contribution is 9.10. The van der Waals surface area contributed by atoms with E-state index in [9.17, 15) is 14.4 Å². The molecule has 39 heavy (non-hydrogen) atoms. The molecule has 0 radical (unpaired) electrons. The quantitative estimate of drug-likeness (QED) is 0.268. The van der Waals surface area contributed by atoms with Crippen LogP contribution in [0.15, 0.2) is 83.3 Å². The average Bonchev–Trinajstić information content (AvgIpc) is 3.37. The number of nitrogens with zero attached hydrogens (tertiary/aromatic N) is 2. The zero-order valence-electron chi connectivity index (χ0n) is 21.3. The summed E-state index contributed by atoms with van der Waals surface area (Å²) in [5.74, 6) is -1.57. The SMILES string of the molecule is COC(=O)c1c(-c2cc(Br)ccc2OCC(=O)NCCc2ccccc2)nn(-c2ccccc2)c1C(=O)OC. The van der Waals surface area contributed by atoms with E-state index in [-0.39, 0.29) is 35.2 Å². The van der Waals surface area contributed by atoms with Gasteiger partial charge in [-0.05, 0) is 42.3 Å². The van der Waals surface area contributed by atoms with Crippen molar-refractivity contribution < 1.29 is 28.6 Å². The summed E-state index contributed by atoms with van der Waals surface area (Å²) in [6.07, 6.45) is 0.686. The molecular weight excluding hydrogens is 566 g/mol. The Labute approximate surface area is 233 Å². The molecule has 1 aromatic heterocycles.